The molecule has 1 N–H and O–H groups in total. The van der Waals surface area contributed by atoms with Crippen LogP contribution in [-0.4, -0.2) is 31.9 Å². The molecule has 1 aliphatic heterocycles. The summed E-state index contributed by atoms with van der Waals surface area (Å²) >= 11 is 0. The van der Waals surface area contributed by atoms with Crippen LogP contribution in [-0.2, 0) is 23.7 Å². The number of aromatic nitrogens is 2. The largest absolute Gasteiger partial charge is 0.359 e. The van der Waals surface area contributed by atoms with Gasteiger partial charge >= 0.3 is 5.69 Å². The highest BCUT2D eigenvalue weighted by Crippen LogP contribution is 2.26. The third-order valence-corrected chi connectivity index (χ3v) is 4.31. The van der Waals surface area contributed by atoms with Crippen molar-refractivity contribution in [2.75, 3.05) is 10.2 Å². The summed E-state index contributed by atoms with van der Waals surface area (Å²) < 4.78 is 2.07. The summed E-state index contributed by atoms with van der Waals surface area (Å²) in [6, 6.07) is 5.20. The Bertz CT molecular complexity index is 1070. The van der Waals surface area contributed by atoms with E-state index in [2.05, 4.69) is 5.32 Å². The van der Waals surface area contributed by atoms with Crippen LogP contribution >= 0.6 is 0 Å². The molecule has 11 heteroatoms. The van der Waals surface area contributed by atoms with Gasteiger partial charge in [0.25, 0.3) is 17.2 Å². The number of rotatable bonds is 4. The Morgan fingerprint density at radius 2 is 1.70 bits per heavy atom. The molecule has 1 aromatic carbocycles. The Morgan fingerprint density at radius 3 is 2.30 bits per heavy atom. The van der Waals surface area contributed by atoms with E-state index in [4.69, 9.17) is 0 Å². The molecule has 2 aromatic rings. The monoisotopic (exact) mass is 373 g/mol. The minimum Gasteiger partial charge on any atom is -0.359 e. The van der Waals surface area contributed by atoms with Gasteiger partial charge in [-0.15, -0.1) is 0 Å². The Hall–Kier alpha value is -3.76. The number of hydrogen-bond donors (Lipinski definition) is 1. The third-order valence-electron chi connectivity index (χ3n) is 4.31. The van der Waals surface area contributed by atoms with E-state index in [0.29, 0.717) is 0 Å². The molecule has 0 spiro atoms. The average molecular weight is 373 g/mol. The number of amides is 2. The molecule has 0 saturated carbocycles. The van der Waals surface area contributed by atoms with Crippen LogP contribution in [0, 0.1) is 10.1 Å². The summed E-state index contributed by atoms with van der Waals surface area (Å²) in [6.07, 6.45) is -0.181. The molecule has 0 bridgehead atoms. The Labute approximate surface area is 151 Å². The molecule has 140 valence electrons. The maximum absolute atomic E-state index is 12.6. The number of carbonyl (C=O) groups is 2. The van der Waals surface area contributed by atoms with Crippen molar-refractivity contribution in [1.29, 1.82) is 0 Å². The first-order valence-electron chi connectivity index (χ1n) is 7.85. The molecular formula is C16H15N5O6. The minimum absolute atomic E-state index is 0.111. The van der Waals surface area contributed by atoms with Crippen LogP contribution in [0.2, 0.25) is 0 Å². The highest BCUT2D eigenvalue weighted by molar-refractivity contribution is 6.23. The molecule has 1 atom stereocenters. The molecule has 1 unspecified atom stereocenters. The second-order valence-electron chi connectivity index (χ2n) is 6.01. The Kier molecular flexibility index (Phi) is 4.35. The lowest BCUT2D eigenvalue weighted by Crippen LogP contribution is -2.40. The summed E-state index contributed by atoms with van der Waals surface area (Å²) in [7, 11) is 2.76. The molecule has 1 aliphatic rings. The lowest BCUT2D eigenvalue weighted by Gasteiger charge is -2.17. The van der Waals surface area contributed by atoms with Gasteiger partial charge in [0.2, 0.25) is 5.91 Å². The predicted octanol–water partition coefficient (Wildman–Crippen LogP) is -0.264. The van der Waals surface area contributed by atoms with Crippen LogP contribution in [0.5, 0.6) is 0 Å². The molecule has 1 aromatic heterocycles. The van der Waals surface area contributed by atoms with E-state index in [1.165, 1.54) is 38.4 Å². The number of nitrogens with one attached hydrogen (secondary N) is 1. The van der Waals surface area contributed by atoms with Crippen LogP contribution < -0.4 is 21.5 Å². The van der Waals surface area contributed by atoms with E-state index in [-0.39, 0.29) is 23.6 Å². The van der Waals surface area contributed by atoms with E-state index >= 15 is 0 Å². The van der Waals surface area contributed by atoms with Crippen molar-refractivity contribution in [2.24, 2.45) is 14.1 Å². The topological polar surface area (TPSA) is 137 Å². The van der Waals surface area contributed by atoms with E-state index in [0.717, 1.165) is 20.1 Å². The predicted molar refractivity (Wildman–Crippen MR) is 94.5 cm³/mol. The normalized spacial score (nSPS) is 16.7. The number of nitro benzene ring substituents is 1. The fourth-order valence-corrected chi connectivity index (χ4v) is 2.79. The number of carbonyl (C=O) groups excluding carboxylic acids is 2. The lowest BCUT2D eigenvalue weighted by molar-refractivity contribution is -0.384. The quantitative estimate of drug-likeness (QED) is 0.443. The van der Waals surface area contributed by atoms with Crippen LogP contribution in [0.25, 0.3) is 0 Å². The first kappa shape index (κ1) is 18.0. The second kappa shape index (κ2) is 6.52. The molecule has 0 radical (unpaired) electrons. The van der Waals surface area contributed by atoms with Gasteiger partial charge in [0, 0.05) is 32.3 Å². The Morgan fingerprint density at radius 1 is 1.07 bits per heavy atom. The zero-order valence-electron chi connectivity index (χ0n) is 14.4. The zero-order valence-corrected chi connectivity index (χ0v) is 14.4. The molecule has 1 fully saturated rings. The lowest BCUT2D eigenvalue weighted by atomic mass is 10.2. The summed E-state index contributed by atoms with van der Waals surface area (Å²) in [4.78, 5) is 59.7. The van der Waals surface area contributed by atoms with E-state index < -0.39 is 34.0 Å². The number of imide groups is 1. The van der Waals surface area contributed by atoms with Gasteiger partial charge in [-0.3, -0.25) is 33.6 Å². The van der Waals surface area contributed by atoms with Gasteiger partial charge in [-0.05, 0) is 12.1 Å². The van der Waals surface area contributed by atoms with Crippen molar-refractivity contribution < 1.29 is 14.5 Å². The van der Waals surface area contributed by atoms with Gasteiger partial charge < -0.3 is 5.32 Å². The SMILES string of the molecule is Cn1c(NC2CC(=O)N(c3ccc([N+](=O)[O-])cc3)C2=O)cc(=O)n(C)c1=O. The fraction of sp³-hybridized carbons (Fsp3) is 0.250. The standard InChI is InChI=1S/C16H15N5O6/c1-18-12(8-13(22)19(2)16(18)25)17-11-7-14(23)20(15(11)24)9-3-5-10(6-4-9)21(26)27/h3-6,8,11,17H,7H2,1-2H3. The summed E-state index contributed by atoms with van der Waals surface area (Å²) in [5.74, 6) is -0.970. The first-order valence-corrected chi connectivity index (χ1v) is 7.85. The molecule has 3 rings (SSSR count). The summed E-state index contributed by atoms with van der Waals surface area (Å²) in [5.41, 5.74) is -1.08. The van der Waals surface area contributed by atoms with Gasteiger partial charge in [-0.25, -0.2) is 9.69 Å². The number of nitrogens with zero attached hydrogens (tertiary/aromatic N) is 4. The molecule has 1 saturated heterocycles. The number of benzene rings is 1. The van der Waals surface area contributed by atoms with Gasteiger partial charge in [0.15, 0.2) is 0 Å². The van der Waals surface area contributed by atoms with E-state index in [1.54, 1.807) is 0 Å². The van der Waals surface area contributed by atoms with Crippen molar-refractivity contribution in [3.63, 3.8) is 0 Å². The first-order chi connectivity index (χ1) is 12.7. The van der Waals surface area contributed by atoms with Crippen LogP contribution in [0.15, 0.2) is 39.9 Å². The highest BCUT2D eigenvalue weighted by Gasteiger charge is 2.40. The van der Waals surface area contributed by atoms with Crippen molar-refractivity contribution in [2.45, 2.75) is 12.5 Å². The highest BCUT2D eigenvalue weighted by atomic mass is 16.6. The Balaban J connectivity index is 1.88. The smallest absolute Gasteiger partial charge is 0.332 e. The van der Waals surface area contributed by atoms with Gasteiger partial charge in [-0.1, -0.05) is 0 Å². The fourth-order valence-electron chi connectivity index (χ4n) is 2.79. The average Bonchev–Trinajstić information content (AvgIpc) is 2.91. The van der Waals surface area contributed by atoms with Crippen LogP contribution in [0.1, 0.15) is 6.42 Å². The van der Waals surface area contributed by atoms with Crippen LogP contribution in [0.3, 0.4) is 0 Å². The zero-order chi connectivity index (χ0) is 19.9. The van der Waals surface area contributed by atoms with Crippen molar-refractivity contribution in [3.8, 4) is 0 Å². The van der Waals surface area contributed by atoms with E-state index in [1.807, 2.05) is 0 Å². The van der Waals surface area contributed by atoms with Crippen molar-refractivity contribution in [3.05, 3.63) is 61.3 Å². The molecule has 2 amide bonds. The molecule has 27 heavy (non-hydrogen) atoms. The minimum atomic E-state index is -0.967. The molecule has 11 nitrogen and oxygen atoms in total. The molecule has 2 heterocycles. The van der Waals surface area contributed by atoms with Crippen molar-refractivity contribution >= 4 is 29.0 Å². The third kappa shape index (κ3) is 3.10. The van der Waals surface area contributed by atoms with E-state index in [9.17, 15) is 29.3 Å². The van der Waals surface area contributed by atoms with Crippen LogP contribution in [0.4, 0.5) is 17.2 Å². The number of anilines is 2. The number of hydrogen-bond acceptors (Lipinski definition) is 7. The maximum atomic E-state index is 12.6. The maximum Gasteiger partial charge on any atom is 0.332 e. The summed E-state index contributed by atoms with van der Waals surface area (Å²) in [5, 5.41) is 13.5. The van der Waals surface area contributed by atoms with Crippen molar-refractivity contribution in [1.82, 2.24) is 9.13 Å². The summed E-state index contributed by atoms with van der Waals surface area (Å²) in [6.45, 7) is 0. The second-order valence-corrected chi connectivity index (χ2v) is 6.01. The van der Waals surface area contributed by atoms with Gasteiger partial charge in [0.05, 0.1) is 17.0 Å². The number of non-ortho nitro benzene ring substituents is 1. The number of nitro groups is 1. The molecular weight excluding hydrogens is 358 g/mol. The molecule has 0 aliphatic carbocycles. The van der Waals surface area contributed by atoms with Gasteiger partial charge in [-0.2, -0.15) is 0 Å². The van der Waals surface area contributed by atoms with Gasteiger partial charge in [0.1, 0.15) is 11.9 Å².